The number of carbonyl (C=O) groups excluding carboxylic acids is 1. The second-order valence-electron chi connectivity index (χ2n) is 4.88. The number of fused-ring (bicyclic) bond motifs is 1. The number of thioether (sulfide) groups is 1. The van der Waals surface area contributed by atoms with E-state index in [4.69, 9.17) is 16.3 Å². The molecule has 0 radical (unpaired) electrons. The van der Waals surface area contributed by atoms with E-state index in [1.165, 1.54) is 11.8 Å². The fourth-order valence-electron chi connectivity index (χ4n) is 2.36. The lowest BCUT2D eigenvalue weighted by Crippen LogP contribution is -2.27. The van der Waals surface area contributed by atoms with Gasteiger partial charge in [-0.05, 0) is 36.4 Å². The van der Waals surface area contributed by atoms with Gasteiger partial charge in [-0.15, -0.1) is 11.8 Å². The SMILES string of the molecule is O=C[C@H]1COc2c(F)ccc(F)c2[C@@H]1Sc1ccc(Cl)cc1. The van der Waals surface area contributed by atoms with Gasteiger partial charge >= 0.3 is 0 Å². The third-order valence-corrected chi connectivity index (χ3v) is 5.08. The van der Waals surface area contributed by atoms with Gasteiger partial charge in [0.25, 0.3) is 0 Å². The lowest BCUT2D eigenvalue weighted by atomic mass is 9.96. The predicted octanol–water partition coefficient (Wildman–Crippen LogP) is 4.66. The Labute approximate surface area is 135 Å². The van der Waals surface area contributed by atoms with Crippen molar-refractivity contribution in [2.45, 2.75) is 10.1 Å². The van der Waals surface area contributed by atoms with Crippen LogP contribution in [-0.4, -0.2) is 12.9 Å². The summed E-state index contributed by atoms with van der Waals surface area (Å²) in [7, 11) is 0. The van der Waals surface area contributed by atoms with Crippen LogP contribution in [0.5, 0.6) is 5.75 Å². The first kappa shape index (κ1) is 15.3. The summed E-state index contributed by atoms with van der Waals surface area (Å²) in [5, 5.41) is 0.0408. The number of ether oxygens (including phenoxy) is 1. The molecule has 2 atom stereocenters. The summed E-state index contributed by atoms with van der Waals surface area (Å²) < 4.78 is 33.3. The lowest BCUT2D eigenvalue weighted by molar-refractivity contribution is -0.112. The molecule has 1 aliphatic rings. The summed E-state index contributed by atoms with van der Waals surface area (Å²) in [6.45, 7) is 0.0299. The molecular formula is C16H11ClF2O2S. The quantitative estimate of drug-likeness (QED) is 0.760. The molecule has 114 valence electrons. The highest BCUT2D eigenvalue weighted by atomic mass is 35.5. The second kappa shape index (κ2) is 6.26. The van der Waals surface area contributed by atoms with Gasteiger partial charge in [-0.1, -0.05) is 11.6 Å². The van der Waals surface area contributed by atoms with E-state index in [0.29, 0.717) is 5.02 Å². The monoisotopic (exact) mass is 340 g/mol. The summed E-state index contributed by atoms with van der Waals surface area (Å²) in [6, 6.07) is 9.06. The maximum atomic E-state index is 14.2. The summed E-state index contributed by atoms with van der Waals surface area (Å²) >= 11 is 7.14. The molecule has 0 aliphatic carbocycles. The Morgan fingerprint density at radius 3 is 2.50 bits per heavy atom. The molecule has 6 heteroatoms. The van der Waals surface area contributed by atoms with Crippen LogP contribution < -0.4 is 4.74 Å². The first-order valence-corrected chi connectivity index (χ1v) is 7.84. The Morgan fingerprint density at radius 1 is 1.14 bits per heavy atom. The fraction of sp³-hybridized carbons (Fsp3) is 0.188. The van der Waals surface area contributed by atoms with Crippen molar-refractivity contribution < 1.29 is 18.3 Å². The van der Waals surface area contributed by atoms with Crippen LogP contribution in [0.25, 0.3) is 0 Å². The van der Waals surface area contributed by atoms with Crippen LogP contribution in [0.15, 0.2) is 41.3 Å². The predicted molar refractivity (Wildman–Crippen MR) is 81.5 cm³/mol. The number of halogens is 3. The zero-order chi connectivity index (χ0) is 15.7. The van der Waals surface area contributed by atoms with E-state index in [2.05, 4.69) is 0 Å². The highest BCUT2D eigenvalue weighted by molar-refractivity contribution is 7.99. The average Bonchev–Trinajstić information content (AvgIpc) is 2.53. The zero-order valence-corrected chi connectivity index (χ0v) is 12.8. The van der Waals surface area contributed by atoms with Crippen molar-refractivity contribution in [3.05, 3.63) is 58.6 Å². The number of benzene rings is 2. The molecule has 0 N–H and O–H groups in total. The third-order valence-electron chi connectivity index (χ3n) is 3.44. The number of aldehydes is 1. The molecule has 1 heterocycles. The van der Waals surface area contributed by atoms with Gasteiger partial charge in [0, 0.05) is 15.5 Å². The summed E-state index contributed by atoms with van der Waals surface area (Å²) in [5.41, 5.74) is 0.100. The minimum absolute atomic E-state index is 0.0299. The van der Waals surface area contributed by atoms with Crippen LogP contribution >= 0.6 is 23.4 Å². The molecule has 2 nitrogen and oxygen atoms in total. The Bertz CT molecular complexity index is 706. The lowest BCUT2D eigenvalue weighted by Gasteiger charge is -2.30. The first-order valence-electron chi connectivity index (χ1n) is 6.58. The maximum absolute atomic E-state index is 14.2. The van der Waals surface area contributed by atoms with Crippen molar-refractivity contribution in [3.8, 4) is 5.75 Å². The van der Waals surface area contributed by atoms with Crippen molar-refractivity contribution in [2.75, 3.05) is 6.61 Å². The van der Waals surface area contributed by atoms with Gasteiger partial charge in [-0.25, -0.2) is 8.78 Å². The van der Waals surface area contributed by atoms with E-state index >= 15 is 0 Å². The van der Waals surface area contributed by atoms with Gasteiger partial charge in [-0.3, -0.25) is 0 Å². The molecule has 0 fully saturated rings. The van der Waals surface area contributed by atoms with Crippen molar-refractivity contribution in [1.82, 2.24) is 0 Å². The maximum Gasteiger partial charge on any atom is 0.165 e. The molecule has 1 aliphatic heterocycles. The summed E-state index contributed by atoms with van der Waals surface area (Å²) in [6.07, 6.45) is 0.723. The van der Waals surface area contributed by atoms with E-state index in [1.807, 2.05) is 0 Å². The Kier molecular flexibility index (Phi) is 4.36. The van der Waals surface area contributed by atoms with E-state index in [9.17, 15) is 13.6 Å². The molecule has 2 aromatic rings. The Hall–Kier alpha value is -1.59. The highest BCUT2D eigenvalue weighted by Crippen LogP contribution is 2.48. The minimum atomic E-state index is -0.623. The van der Waals surface area contributed by atoms with Crippen LogP contribution in [0.3, 0.4) is 0 Å². The Morgan fingerprint density at radius 2 is 1.82 bits per heavy atom. The third kappa shape index (κ3) is 2.83. The molecule has 0 saturated carbocycles. The molecule has 0 aromatic heterocycles. The van der Waals surface area contributed by atoms with E-state index in [1.54, 1.807) is 24.3 Å². The molecule has 0 unspecified atom stereocenters. The average molecular weight is 341 g/mol. The van der Waals surface area contributed by atoms with Gasteiger partial charge in [0.1, 0.15) is 12.1 Å². The molecule has 0 amide bonds. The van der Waals surface area contributed by atoms with Crippen molar-refractivity contribution in [1.29, 1.82) is 0 Å². The Balaban J connectivity index is 2.02. The molecule has 0 saturated heterocycles. The van der Waals surface area contributed by atoms with Crippen LogP contribution in [0.4, 0.5) is 8.78 Å². The van der Waals surface area contributed by atoms with Crippen molar-refractivity contribution in [3.63, 3.8) is 0 Å². The topological polar surface area (TPSA) is 26.3 Å². The van der Waals surface area contributed by atoms with Gasteiger partial charge in [0.05, 0.1) is 17.8 Å². The molecule has 2 aromatic carbocycles. The van der Waals surface area contributed by atoms with Crippen molar-refractivity contribution >= 4 is 29.6 Å². The van der Waals surface area contributed by atoms with Crippen LogP contribution in [0.1, 0.15) is 10.8 Å². The molecule has 3 rings (SSSR count). The summed E-state index contributed by atoms with van der Waals surface area (Å²) in [4.78, 5) is 12.1. The van der Waals surface area contributed by atoms with E-state index in [0.717, 1.165) is 23.3 Å². The number of carbonyl (C=O) groups is 1. The van der Waals surface area contributed by atoms with Gasteiger partial charge in [0.2, 0.25) is 0 Å². The van der Waals surface area contributed by atoms with Gasteiger partial charge in [0.15, 0.2) is 11.6 Å². The number of rotatable bonds is 3. The zero-order valence-electron chi connectivity index (χ0n) is 11.3. The van der Waals surface area contributed by atoms with Crippen molar-refractivity contribution in [2.24, 2.45) is 5.92 Å². The smallest absolute Gasteiger partial charge is 0.165 e. The molecular weight excluding hydrogens is 330 g/mol. The standard InChI is InChI=1S/C16H11ClF2O2S/c17-10-1-3-11(4-2-10)22-16-9(7-20)8-21-15-13(19)6-5-12(18)14(15)16/h1-7,9,16H,8H2/t9-,16+/m0/s1. The largest absolute Gasteiger partial charge is 0.489 e. The number of hydrogen-bond acceptors (Lipinski definition) is 3. The van der Waals surface area contributed by atoms with Gasteiger partial charge in [-0.2, -0.15) is 0 Å². The highest BCUT2D eigenvalue weighted by Gasteiger charge is 2.35. The minimum Gasteiger partial charge on any atom is -0.489 e. The van der Waals surface area contributed by atoms with Crippen LogP contribution in [-0.2, 0) is 4.79 Å². The molecule has 0 bridgehead atoms. The summed E-state index contributed by atoms with van der Waals surface area (Å²) in [5.74, 6) is -1.86. The van der Waals surface area contributed by atoms with E-state index in [-0.39, 0.29) is 17.9 Å². The van der Waals surface area contributed by atoms with Gasteiger partial charge < -0.3 is 9.53 Å². The van der Waals surface area contributed by atoms with Crippen LogP contribution in [0, 0.1) is 17.6 Å². The number of hydrogen-bond donors (Lipinski definition) is 0. The molecule has 0 spiro atoms. The van der Waals surface area contributed by atoms with E-state index < -0.39 is 22.8 Å². The normalized spacial score (nSPS) is 20.1. The van der Waals surface area contributed by atoms with Crippen LogP contribution in [0.2, 0.25) is 5.02 Å². The first-order chi connectivity index (χ1) is 10.6. The fourth-order valence-corrected chi connectivity index (χ4v) is 3.73. The molecule has 22 heavy (non-hydrogen) atoms. The second-order valence-corrected chi connectivity index (χ2v) is 6.53.